The van der Waals surface area contributed by atoms with Gasteiger partial charge in [0.15, 0.2) is 0 Å². The monoisotopic (exact) mass is 190 g/mol. The van der Waals surface area contributed by atoms with E-state index in [9.17, 15) is 0 Å². The Bertz CT molecular complexity index is 385. The van der Waals surface area contributed by atoms with Gasteiger partial charge in [0.1, 0.15) is 0 Å². The molecule has 0 atom stereocenters. The minimum absolute atomic E-state index is 0.422. The summed E-state index contributed by atoms with van der Waals surface area (Å²) >= 11 is 5.86. The normalized spacial score (nSPS) is 8.54. The minimum Gasteiger partial charge on any atom is -0.373 e. The van der Waals surface area contributed by atoms with E-state index in [0.717, 1.165) is 5.69 Å². The maximum Gasteiger partial charge on any atom is 0.0992 e. The van der Waals surface area contributed by atoms with Gasteiger partial charge in [0.2, 0.25) is 0 Å². The molecule has 0 aliphatic heterocycles. The zero-order valence-corrected chi connectivity index (χ0v) is 7.60. The molecule has 0 heterocycles. The Morgan fingerprint density at radius 3 is 2.85 bits per heavy atom. The number of rotatable bonds is 2. The lowest BCUT2D eigenvalue weighted by atomic mass is 10.2. The molecule has 0 aliphatic carbocycles. The maximum absolute atomic E-state index is 8.57. The molecule has 1 aromatic carbocycles. The molecule has 0 radical (unpaired) electrons. The molecule has 0 amide bonds. The minimum atomic E-state index is 0.422. The van der Waals surface area contributed by atoms with Crippen LogP contribution in [0.5, 0.6) is 0 Å². The van der Waals surface area contributed by atoms with Crippen molar-refractivity contribution in [3.8, 4) is 18.4 Å². The van der Waals surface area contributed by atoms with Gasteiger partial charge in [-0.3, -0.25) is 0 Å². The molecule has 0 aromatic heterocycles. The van der Waals surface area contributed by atoms with Gasteiger partial charge in [-0.1, -0.05) is 17.5 Å². The highest BCUT2D eigenvalue weighted by Gasteiger charge is 1.99. The van der Waals surface area contributed by atoms with E-state index in [2.05, 4.69) is 11.2 Å². The molecule has 1 rings (SSSR count). The van der Waals surface area contributed by atoms with Crippen molar-refractivity contribution in [2.45, 2.75) is 0 Å². The molecule has 1 N–H and O–H groups in total. The van der Waals surface area contributed by atoms with E-state index in [4.69, 9.17) is 23.3 Å². The Morgan fingerprint density at radius 1 is 1.54 bits per heavy atom. The molecule has 13 heavy (non-hydrogen) atoms. The Kier molecular flexibility index (Phi) is 3.20. The van der Waals surface area contributed by atoms with Gasteiger partial charge < -0.3 is 5.32 Å². The van der Waals surface area contributed by atoms with E-state index in [1.807, 2.05) is 6.07 Å². The first-order valence-electron chi connectivity index (χ1n) is 3.65. The number of benzene rings is 1. The van der Waals surface area contributed by atoms with E-state index >= 15 is 0 Å². The van der Waals surface area contributed by atoms with E-state index in [1.165, 1.54) is 0 Å². The van der Waals surface area contributed by atoms with Crippen molar-refractivity contribution in [2.75, 3.05) is 11.9 Å². The molecule has 0 saturated carbocycles. The summed E-state index contributed by atoms with van der Waals surface area (Å²) in [5.41, 5.74) is 1.29. The van der Waals surface area contributed by atoms with Crippen molar-refractivity contribution >= 4 is 17.3 Å². The molecule has 3 heteroatoms. The number of nitriles is 1. The number of anilines is 1. The fourth-order valence-corrected chi connectivity index (χ4v) is 1.12. The van der Waals surface area contributed by atoms with Crippen LogP contribution in [0.2, 0.25) is 5.02 Å². The highest BCUT2D eigenvalue weighted by Crippen LogP contribution is 2.22. The number of halogens is 1. The van der Waals surface area contributed by atoms with E-state index in [0.29, 0.717) is 17.1 Å². The first kappa shape index (κ1) is 9.45. The quantitative estimate of drug-likeness (QED) is 0.727. The molecule has 64 valence electrons. The third kappa shape index (κ3) is 2.40. The first-order valence-corrected chi connectivity index (χ1v) is 4.02. The van der Waals surface area contributed by atoms with Crippen LogP contribution < -0.4 is 5.32 Å². The molecule has 2 nitrogen and oxygen atoms in total. The van der Waals surface area contributed by atoms with E-state index < -0.39 is 0 Å². The molecule has 0 unspecified atom stereocenters. The van der Waals surface area contributed by atoms with Gasteiger partial charge in [-0.05, 0) is 18.2 Å². The van der Waals surface area contributed by atoms with Crippen LogP contribution in [0.15, 0.2) is 18.2 Å². The zero-order valence-electron chi connectivity index (χ0n) is 6.84. The summed E-state index contributed by atoms with van der Waals surface area (Å²) in [5, 5.41) is 12.0. The summed E-state index contributed by atoms with van der Waals surface area (Å²) < 4.78 is 0. The molecule has 1 aromatic rings. The van der Waals surface area contributed by atoms with Gasteiger partial charge in [-0.25, -0.2) is 0 Å². The van der Waals surface area contributed by atoms with Crippen LogP contribution in [-0.4, -0.2) is 6.54 Å². The third-order valence-electron chi connectivity index (χ3n) is 1.48. The second-order valence-electron chi connectivity index (χ2n) is 2.36. The lowest BCUT2D eigenvalue weighted by molar-refractivity contribution is 1.37. The van der Waals surface area contributed by atoms with Crippen molar-refractivity contribution in [1.29, 1.82) is 5.26 Å². The van der Waals surface area contributed by atoms with E-state index in [-0.39, 0.29) is 0 Å². The van der Waals surface area contributed by atoms with Crippen LogP contribution in [-0.2, 0) is 0 Å². The summed E-state index contributed by atoms with van der Waals surface area (Å²) in [6.07, 6.45) is 5.07. The van der Waals surface area contributed by atoms with Crippen molar-refractivity contribution in [2.24, 2.45) is 0 Å². The second-order valence-corrected chi connectivity index (χ2v) is 2.77. The Labute approximate surface area is 82.1 Å². The Balaban J connectivity index is 2.88. The van der Waals surface area contributed by atoms with Crippen LogP contribution in [0.1, 0.15) is 5.56 Å². The molecule has 0 saturated heterocycles. The summed E-state index contributed by atoms with van der Waals surface area (Å²) in [6, 6.07) is 7.02. The number of hydrogen-bond donors (Lipinski definition) is 1. The number of terminal acetylenes is 1. The first-order chi connectivity index (χ1) is 6.27. The molecular weight excluding hydrogens is 184 g/mol. The van der Waals surface area contributed by atoms with Gasteiger partial charge in [-0.15, -0.1) is 6.42 Å². The largest absolute Gasteiger partial charge is 0.373 e. The van der Waals surface area contributed by atoms with Gasteiger partial charge >= 0.3 is 0 Å². The summed E-state index contributed by atoms with van der Waals surface area (Å²) in [6.45, 7) is 0.422. The Morgan fingerprint density at radius 2 is 2.31 bits per heavy atom. The number of nitrogens with one attached hydrogen (secondary N) is 1. The molecule has 0 fully saturated rings. The van der Waals surface area contributed by atoms with Crippen molar-refractivity contribution in [3.63, 3.8) is 0 Å². The zero-order chi connectivity index (χ0) is 9.68. The number of nitrogens with zero attached hydrogens (tertiary/aromatic N) is 1. The van der Waals surface area contributed by atoms with Crippen LogP contribution in [0.4, 0.5) is 5.69 Å². The van der Waals surface area contributed by atoms with Crippen LogP contribution in [0.3, 0.4) is 0 Å². The predicted octanol–water partition coefficient (Wildman–Crippen LogP) is 2.26. The smallest absolute Gasteiger partial charge is 0.0992 e. The summed E-state index contributed by atoms with van der Waals surface area (Å²) in [4.78, 5) is 0. The van der Waals surface area contributed by atoms with E-state index in [1.54, 1.807) is 18.2 Å². The highest BCUT2D eigenvalue weighted by atomic mass is 35.5. The molecule has 0 aliphatic rings. The van der Waals surface area contributed by atoms with Crippen molar-refractivity contribution in [1.82, 2.24) is 0 Å². The van der Waals surface area contributed by atoms with Crippen LogP contribution >= 0.6 is 11.6 Å². The summed E-state index contributed by atoms with van der Waals surface area (Å²) in [5.74, 6) is 2.44. The fraction of sp³-hybridized carbons (Fsp3) is 0.100. The van der Waals surface area contributed by atoms with Crippen LogP contribution in [0, 0.1) is 23.7 Å². The van der Waals surface area contributed by atoms with Crippen molar-refractivity contribution in [3.05, 3.63) is 28.8 Å². The van der Waals surface area contributed by atoms with Crippen molar-refractivity contribution < 1.29 is 0 Å². The number of hydrogen-bond acceptors (Lipinski definition) is 2. The predicted molar refractivity (Wildman–Crippen MR) is 53.5 cm³/mol. The van der Waals surface area contributed by atoms with Gasteiger partial charge in [0.05, 0.1) is 28.9 Å². The van der Waals surface area contributed by atoms with Crippen LogP contribution in [0.25, 0.3) is 0 Å². The topological polar surface area (TPSA) is 35.8 Å². The second kappa shape index (κ2) is 4.40. The van der Waals surface area contributed by atoms with Gasteiger partial charge in [0.25, 0.3) is 0 Å². The lowest BCUT2D eigenvalue weighted by Gasteiger charge is -2.04. The average Bonchev–Trinajstić information content (AvgIpc) is 2.16. The molecular formula is C10H7ClN2. The van der Waals surface area contributed by atoms with Gasteiger partial charge in [0, 0.05) is 0 Å². The lowest BCUT2D eigenvalue weighted by Crippen LogP contribution is -1.98. The Hall–Kier alpha value is -1.64. The standard InChI is InChI=1S/C10H7ClN2/c1-2-5-13-10-4-3-8(7-12)6-9(10)11/h1,3-4,6,13H,5H2. The molecule has 0 bridgehead atoms. The third-order valence-corrected chi connectivity index (χ3v) is 1.79. The average molecular weight is 191 g/mol. The highest BCUT2D eigenvalue weighted by molar-refractivity contribution is 6.33. The molecule has 0 spiro atoms. The SMILES string of the molecule is C#CCNc1ccc(C#N)cc1Cl. The maximum atomic E-state index is 8.57. The van der Waals surface area contributed by atoms with Gasteiger partial charge in [-0.2, -0.15) is 5.26 Å². The fourth-order valence-electron chi connectivity index (χ4n) is 0.874. The summed E-state index contributed by atoms with van der Waals surface area (Å²) in [7, 11) is 0.